The molecule has 0 radical (unpaired) electrons. The Morgan fingerprint density at radius 2 is 2.08 bits per heavy atom. The maximum absolute atomic E-state index is 11.9. The zero-order chi connectivity index (χ0) is 18.8. The number of nitrogens with one attached hydrogen (secondary N) is 1. The van der Waals surface area contributed by atoms with E-state index in [1.54, 1.807) is 30.3 Å². The maximum Gasteiger partial charge on any atom is 0.236 e. The van der Waals surface area contributed by atoms with Gasteiger partial charge in [-0.05, 0) is 33.7 Å². The number of hydrogen-bond acceptors (Lipinski definition) is 7. The summed E-state index contributed by atoms with van der Waals surface area (Å²) in [6.45, 7) is 8.23. The fraction of sp³-hybridized carbons (Fsp3) is 0.556. The van der Waals surface area contributed by atoms with Crippen molar-refractivity contribution in [2.24, 2.45) is 0 Å². The van der Waals surface area contributed by atoms with Crippen molar-refractivity contribution in [1.82, 2.24) is 24.8 Å². The molecule has 8 heteroatoms. The van der Waals surface area contributed by atoms with Gasteiger partial charge in [-0.25, -0.2) is 15.0 Å². The van der Waals surface area contributed by atoms with E-state index >= 15 is 0 Å². The highest BCUT2D eigenvalue weighted by molar-refractivity contribution is 7.15. The molecule has 1 amide bonds. The fourth-order valence-corrected chi connectivity index (χ4v) is 3.87. The van der Waals surface area contributed by atoms with Crippen molar-refractivity contribution in [1.29, 1.82) is 0 Å². The van der Waals surface area contributed by atoms with E-state index in [1.807, 2.05) is 19.9 Å². The molecule has 2 aromatic heterocycles. The van der Waals surface area contributed by atoms with Gasteiger partial charge < -0.3 is 10.2 Å². The van der Waals surface area contributed by atoms with E-state index in [2.05, 4.69) is 32.1 Å². The minimum absolute atomic E-state index is 0.140. The number of amides is 1. The summed E-state index contributed by atoms with van der Waals surface area (Å²) < 4.78 is 0. The number of aromatic nitrogens is 3. The SMILES string of the molecule is Cc1nc(Nc2nc(C)c(C)s2)cc([C@@H]2CCN(CC(=O)N(C)C)C2)n1. The Morgan fingerprint density at radius 3 is 2.73 bits per heavy atom. The van der Waals surface area contributed by atoms with Gasteiger partial charge in [0.15, 0.2) is 5.13 Å². The summed E-state index contributed by atoms with van der Waals surface area (Å²) in [5.74, 6) is 2.00. The van der Waals surface area contributed by atoms with E-state index in [-0.39, 0.29) is 5.91 Å². The summed E-state index contributed by atoms with van der Waals surface area (Å²) in [7, 11) is 3.59. The number of rotatable bonds is 5. The summed E-state index contributed by atoms with van der Waals surface area (Å²) in [6, 6.07) is 2.01. The standard InChI is InChI=1S/C18H26N6OS/c1-11-12(2)26-18(19-11)22-16-8-15(20-13(3)21-16)14-6-7-24(9-14)10-17(25)23(4)5/h8,14H,6-7,9-10H2,1-5H3,(H,19,20,21,22)/t14-/m1/s1. The van der Waals surface area contributed by atoms with Crippen LogP contribution in [-0.4, -0.2) is 64.4 Å². The fourth-order valence-electron chi connectivity index (χ4n) is 3.05. The third-order valence-corrected chi connectivity index (χ3v) is 5.66. The highest BCUT2D eigenvalue weighted by atomic mass is 32.1. The Balaban J connectivity index is 1.71. The molecule has 1 saturated heterocycles. The summed E-state index contributed by atoms with van der Waals surface area (Å²) in [6.07, 6.45) is 1.01. The molecular formula is C18H26N6OS. The van der Waals surface area contributed by atoms with Crippen molar-refractivity contribution in [3.63, 3.8) is 0 Å². The van der Waals surface area contributed by atoms with Crippen LogP contribution in [0.1, 0.15) is 34.4 Å². The van der Waals surface area contributed by atoms with Gasteiger partial charge in [-0.15, -0.1) is 11.3 Å². The van der Waals surface area contributed by atoms with Crippen molar-refractivity contribution in [3.8, 4) is 0 Å². The minimum Gasteiger partial charge on any atom is -0.348 e. The van der Waals surface area contributed by atoms with Crippen molar-refractivity contribution < 1.29 is 4.79 Å². The molecule has 2 aromatic rings. The largest absolute Gasteiger partial charge is 0.348 e. The Labute approximate surface area is 158 Å². The minimum atomic E-state index is 0.140. The summed E-state index contributed by atoms with van der Waals surface area (Å²) in [5, 5.41) is 4.17. The number of anilines is 2. The molecule has 140 valence electrons. The molecule has 1 aliphatic rings. The highest BCUT2D eigenvalue weighted by Crippen LogP contribution is 2.29. The third-order valence-electron chi connectivity index (χ3n) is 4.67. The molecule has 26 heavy (non-hydrogen) atoms. The number of likely N-dealkylation sites (tertiary alicyclic amines) is 1. The number of likely N-dealkylation sites (N-methyl/N-ethyl adjacent to an activating group) is 1. The monoisotopic (exact) mass is 374 g/mol. The normalized spacial score (nSPS) is 17.5. The van der Waals surface area contributed by atoms with Crippen LogP contribution in [0, 0.1) is 20.8 Å². The van der Waals surface area contributed by atoms with Crippen LogP contribution < -0.4 is 5.32 Å². The molecule has 0 spiro atoms. The van der Waals surface area contributed by atoms with Crippen LogP contribution in [0.5, 0.6) is 0 Å². The first-order valence-electron chi connectivity index (χ1n) is 8.81. The van der Waals surface area contributed by atoms with Gasteiger partial charge in [0, 0.05) is 37.5 Å². The zero-order valence-corrected chi connectivity index (χ0v) is 16.9. The lowest BCUT2D eigenvalue weighted by Gasteiger charge is -2.18. The summed E-state index contributed by atoms with van der Waals surface area (Å²) in [5.41, 5.74) is 2.07. The van der Waals surface area contributed by atoms with Gasteiger partial charge in [0.1, 0.15) is 11.6 Å². The van der Waals surface area contributed by atoms with E-state index < -0.39 is 0 Å². The Morgan fingerprint density at radius 1 is 1.31 bits per heavy atom. The quantitative estimate of drug-likeness (QED) is 0.867. The molecule has 0 aromatic carbocycles. The van der Waals surface area contributed by atoms with Gasteiger partial charge in [-0.1, -0.05) is 0 Å². The van der Waals surface area contributed by atoms with Crippen LogP contribution in [0.25, 0.3) is 0 Å². The van der Waals surface area contributed by atoms with Crippen molar-refractivity contribution >= 4 is 28.2 Å². The van der Waals surface area contributed by atoms with Crippen LogP contribution >= 0.6 is 11.3 Å². The van der Waals surface area contributed by atoms with Crippen molar-refractivity contribution in [3.05, 3.63) is 28.2 Å². The maximum atomic E-state index is 11.9. The first-order chi connectivity index (χ1) is 12.3. The van der Waals surface area contributed by atoms with E-state index in [0.29, 0.717) is 12.5 Å². The number of hydrogen-bond donors (Lipinski definition) is 1. The van der Waals surface area contributed by atoms with Crippen LogP contribution in [0.15, 0.2) is 6.07 Å². The van der Waals surface area contributed by atoms with E-state index in [0.717, 1.165) is 47.7 Å². The lowest BCUT2D eigenvalue weighted by atomic mass is 10.0. The molecule has 3 heterocycles. The van der Waals surface area contributed by atoms with Crippen LogP contribution in [0.3, 0.4) is 0 Å². The molecule has 1 N–H and O–H groups in total. The summed E-state index contributed by atoms with van der Waals surface area (Å²) in [4.78, 5) is 30.6. The second kappa shape index (κ2) is 7.67. The van der Waals surface area contributed by atoms with Gasteiger partial charge in [0.2, 0.25) is 5.91 Å². The van der Waals surface area contributed by atoms with E-state index in [1.165, 1.54) is 4.88 Å². The van der Waals surface area contributed by atoms with E-state index in [9.17, 15) is 4.79 Å². The molecular weight excluding hydrogens is 348 g/mol. The Hall–Kier alpha value is -2.06. The molecule has 3 rings (SSSR count). The second-order valence-electron chi connectivity index (χ2n) is 7.02. The van der Waals surface area contributed by atoms with Gasteiger partial charge >= 0.3 is 0 Å². The summed E-state index contributed by atoms with van der Waals surface area (Å²) >= 11 is 1.63. The van der Waals surface area contributed by atoms with Gasteiger partial charge in [-0.2, -0.15) is 0 Å². The first kappa shape index (κ1) is 18.7. The van der Waals surface area contributed by atoms with Crippen LogP contribution in [0.4, 0.5) is 10.9 Å². The van der Waals surface area contributed by atoms with E-state index in [4.69, 9.17) is 0 Å². The average molecular weight is 375 g/mol. The molecule has 7 nitrogen and oxygen atoms in total. The highest BCUT2D eigenvalue weighted by Gasteiger charge is 2.27. The smallest absolute Gasteiger partial charge is 0.236 e. The first-order valence-corrected chi connectivity index (χ1v) is 9.62. The van der Waals surface area contributed by atoms with Crippen LogP contribution in [0.2, 0.25) is 0 Å². The topological polar surface area (TPSA) is 74.2 Å². The lowest BCUT2D eigenvalue weighted by molar-refractivity contribution is -0.129. The molecule has 1 fully saturated rings. The van der Waals surface area contributed by atoms with Crippen molar-refractivity contribution in [2.45, 2.75) is 33.1 Å². The third kappa shape index (κ3) is 4.37. The van der Waals surface area contributed by atoms with Crippen molar-refractivity contribution in [2.75, 3.05) is 39.0 Å². The Bertz CT molecular complexity index is 783. The molecule has 1 aliphatic heterocycles. The van der Waals surface area contributed by atoms with Crippen LogP contribution in [-0.2, 0) is 4.79 Å². The molecule has 0 bridgehead atoms. The molecule has 0 saturated carbocycles. The molecule has 0 aliphatic carbocycles. The lowest BCUT2D eigenvalue weighted by Crippen LogP contribution is -2.35. The average Bonchev–Trinajstić information content (AvgIpc) is 3.14. The predicted octanol–water partition coefficient (Wildman–Crippen LogP) is 2.48. The zero-order valence-electron chi connectivity index (χ0n) is 16.0. The Kier molecular flexibility index (Phi) is 5.52. The van der Waals surface area contributed by atoms with Gasteiger partial charge in [0.25, 0.3) is 0 Å². The molecule has 1 atom stereocenters. The van der Waals surface area contributed by atoms with Gasteiger partial charge in [0.05, 0.1) is 17.9 Å². The number of carbonyl (C=O) groups is 1. The second-order valence-corrected chi connectivity index (χ2v) is 8.22. The number of carbonyl (C=O) groups excluding carboxylic acids is 1. The predicted molar refractivity (Wildman–Crippen MR) is 104 cm³/mol. The number of aryl methyl sites for hydroxylation is 3. The molecule has 0 unspecified atom stereocenters. The number of thiazole rings is 1. The number of nitrogens with zero attached hydrogens (tertiary/aromatic N) is 5. The van der Waals surface area contributed by atoms with Gasteiger partial charge in [-0.3, -0.25) is 9.69 Å².